The van der Waals surface area contributed by atoms with Gasteiger partial charge in [-0.3, -0.25) is 4.79 Å². The van der Waals surface area contributed by atoms with Gasteiger partial charge in [0.05, 0.1) is 16.8 Å². The molecule has 6 nitrogen and oxygen atoms in total. The Balaban J connectivity index is 1.73. The number of esters is 1. The zero-order valence-corrected chi connectivity index (χ0v) is 17.8. The van der Waals surface area contributed by atoms with E-state index in [1.54, 1.807) is 25.1 Å². The van der Waals surface area contributed by atoms with Crippen molar-refractivity contribution < 1.29 is 19.4 Å². The maximum absolute atomic E-state index is 13.2. The number of para-hydroxylation sites is 1. The Labute approximate surface area is 186 Å². The molecule has 0 saturated heterocycles. The first-order valence-corrected chi connectivity index (χ1v) is 10.5. The van der Waals surface area contributed by atoms with E-state index in [0.717, 1.165) is 28.8 Å². The molecule has 0 aliphatic heterocycles. The molecule has 2 aromatic carbocycles. The van der Waals surface area contributed by atoms with Gasteiger partial charge in [0.2, 0.25) is 0 Å². The molecule has 0 bridgehead atoms. The monoisotopic (exact) mass is 428 g/mol. The Morgan fingerprint density at radius 1 is 1.19 bits per heavy atom. The first-order valence-electron chi connectivity index (χ1n) is 10.5. The van der Waals surface area contributed by atoms with Crippen molar-refractivity contribution in [2.45, 2.75) is 25.9 Å². The fraction of sp³-hybridized carbons (Fsp3) is 0.192. The summed E-state index contributed by atoms with van der Waals surface area (Å²) in [6, 6.07) is 14.4. The molecule has 2 N–H and O–H groups in total. The molecule has 1 aromatic heterocycles. The minimum Gasteiger partial charge on any atom is -0.508 e. The lowest BCUT2D eigenvalue weighted by atomic mass is 10.0. The van der Waals surface area contributed by atoms with Crippen LogP contribution in [0.4, 0.5) is 0 Å². The van der Waals surface area contributed by atoms with Gasteiger partial charge in [0.1, 0.15) is 5.75 Å². The Morgan fingerprint density at radius 3 is 2.69 bits per heavy atom. The zero-order chi connectivity index (χ0) is 22.7. The predicted octanol–water partition coefficient (Wildman–Crippen LogP) is 4.27. The number of ether oxygens (including phenoxy) is 1. The van der Waals surface area contributed by atoms with E-state index in [-0.39, 0.29) is 11.7 Å². The van der Waals surface area contributed by atoms with Crippen LogP contribution in [-0.2, 0) is 16.0 Å². The lowest BCUT2D eigenvalue weighted by molar-refractivity contribution is -0.128. The number of rotatable bonds is 6. The number of nitrogens with zero attached hydrogens (tertiary/aromatic N) is 1. The number of aromatic nitrogens is 1. The van der Waals surface area contributed by atoms with Crippen molar-refractivity contribution in [2.24, 2.45) is 0 Å². The third kappa shape index (κ3) is 4.25. The Bertz CT molecular complexity index is 1230. The SMILES string of the molecule is C=CCNC(=O)C(C)OC(=O)c1c2c(nc3ccccc13)C(=Cc1ccc(O)cc1)CC2. The van der Waals surface area contributed by atoms with Crippen molar-refractivity contribution in [3.8, 4) is 5.75 Å². The van der Waals surface area contributed by atoms with Crippen LogP contribution >= 0.6 is 0 Å². The molecule has 1 amide bonds. The summed E-state index contributed by atoms with van der Waals surface area (Å²) < 4.78 is 5.54. The van der Waals surface area contributed by atoms with Gasteiger partial charge in [0.25, 0.3) is 5.91 Å². The highest BCUT2D eigenvalue weighted by molar-refractivity contribution is 6.07. The number of phenols is 1. The molecule has 4 rings (SSSR count). The standard InChI is InChI=1S/C26H24N2O4/c1-3-14-27-25(30)16(2)32-26(31)23-20-6-4-5-7-22(20)28-24-18(10-13-21(23)24)15-17-8-11-19(29)12-9-17/h3-9,11-12,15-16,29H,1,10,13-14H2,2H3,(H,27,30). The minimum absolute atomic E-state index is 0.208. The maximum atomic E-state index is 13.2. The lowest BCUT2D eigenvalue weighted by Crippen LogP contribution is -2.36. The Morgan fingerprint density at radius 2 is 1.94 bits per heavy atom. The first kappa shape index (κ1) is 21.3. The molecule has 1 aliphatic carbocycles. The highest BCUT2D eigenvalue weighted by Crippen LogP contribution is 2.38. The molecule has 0 fully saturated rings. The quantitative estimate of drug-likeness (QED) is 0.452. The number of hydrogen-bond acceptors (Lipinski definition) is 5. The number of nitrogens with one attached hydrogen (secondary N) is 1. The molecule has 1 unspecified atom stereocenters. The molecule has 0 spiro atoms. The summed E-state index contributed by atoms with van der Waals surface area (Å²) in [6.07, 6.45) is 4.04. The summed E-state index contributed by atoms with van der Waals surface area (Å²) in [5.41, 5.74) is 4.72. The molecular formula is C26H24N2O4. The van der Waals surface area contributed by atoms with Crippen LogP contribution in [0.15, 0.2) is 61.2 Å². The van der Waals surface area contributed by atoms with Crippen LogP contribution in [0.1, 0.15) is 40.5 Å². The number of carbonyl (C=O) groups excluding carboxylic acids is 2. The van der Waals surface area contributed by atoms with E-state index < -0.39 is 12.1 Å². The van der Waals surface area contributed by atoms with Crippen molar-refractivity contribution in [2.75, 3.05) is 6.54 Å². The van der Waals surface area contributed by atoms with Gasteiger partial charge in [0, 0.05) is 11.9 Å². The van der Waals surface area contributed by atoms with Crippen LogP contribution in [0.2, 0.25) is 0 Å². The number of phenolic OH excluding ortho intramolecular Hbond substituents is 1. The molecule has 3 aromatic rings. The van der Waals surface area contributed by atoms with Crippen molar-refractivity contribution in [3.63, 3.8) is 0 Å². The normalized spacial score (nSPS) is 14.7. The Kier molecular flexibility index (Phi) is 6.03. The highest BCUT2D eigenvalue weighted by atomic mass is 16.5. The molecule has 1 heterocycles. The molecular weight excluding hydrogens is 404 g/mol. The molecule has 1 atom stereocenters. The smallest absolute Gasteiger partial charge is 0.339 e. The van der Waals surface area contributed by atoms with Crippen molar-refractivity contribution >= 4 is 34.4 Å². The predicted molar refractivity (Wildman–Crippen MR) is 124 cm³/mol. The highest BCUT2D eigenvalue weighted by Gasteiger charge is 2.29. The minimum atomic E-state index is -0.932. The summed E-state index contributed by atoms with van der Waals surface area (Å²) in [4.78, 5) is 30.2. The fourth-order valence-electron chi connectivity index (χ4n) is 3.87. The molecule has 0 saturated carbocycles. The largest absolute Gasteiger partial charge is 0.508 e. The van der Waals surface area contributed by atoms with Gasteiger partial charge in [0.15, 0.2) is 6.10 Å². The third-order valence-corrected chi connectivity index (χ3v) is 5.45. The molecule has 162 valence electrons. The summed E-state index contributed by atoms with van der Waals surface area (Å²) in [5, 5.41) is 12.9. The summed E-state index contributed by atoms with van der Waals surface area (Å²) in [7, 11) is 0. The van der Waals surface area contributed by atoms with Gasteiger partial charge in [-0.05, 0) is 60.7 Å². The molecule has 32 heavy (non-hydrogen) atoms. The van der Waals surface area contributed by atoms with E-state index in [1.807, 2.05) is 42.5 Å². The topological polar surface area (TPSA) is 88.5 Å². The fourth-order valence-corrected chi connectivity index (χ4v) is 3.87. The van der Waals surface area contributed by atoms with Crippen LogP contribution < -0.4 is 5.32 Å². The van der Waals surface area contributed by atoms with E-state index in [9.17, 15) is 14.7 Å². The van der Waals surface area contributed by atoms with Gasteiger partial charge >= 0.3 is 5.97 Å². The van der Waals surface area contributed by atoms with Crippen LogP contribution in [0.3, 0.4) is 0 Å². The number of allylic oxidation sites excluding steroid dienone is 1. The number of carbonyl (C=O) groups is 2. The first-order chi connectivity index (χ1) is 15.5. The van der Waals surface area contributed by atoms with Gasteiger partial charge in [-0.1, -0.05) is 36.4 Å². The summed E-state index contributed by atoms with van der Waals surface area (Å²) >= 11 is 0. The third-order valence-electron chi connectivity index (χ3n) is 5.45. The summed E-state index contributed by atoms with van der Waals surface area (Å²) in [6.45, 7) is 5.43. The number of aromatic hydroxyl groups is 1. The van der Waals surface area contributed by atoms with E-state index >= 15 is 0 Å². The maximum Gasteiger partial charge on any atom is 0.339 e. The van der Waals surface area contributed by atoms with Crippen LogP contribution in [0.25, 0.3) is 22.6 Å². The van der Waals surface area contributed by atoms with Crippen molar-refractivity contribution in [1.29, 1.82) is 0 Å². The van der Waals surface area contributed by atoms with Crippen LogP contribution in [-0.4, -0.2) is 34.6 Å². The Hall–Kier alpha value is -3.93. The van der Waals surface area contributed by atoms with Gasteiger partial charge < -0.3 is 15.2 Å². The van der Waals surface area contributed by atoms with E-state index in [2.05, 4.69) is 11.9 Å². The number of amides is 1. The van der Waals surface area contributed by atoms with Crippen LogP contribution in [0, 0.1) is 0 Å². The lowest BCUT2D eigenvalue weighted by Gasteiger charge is -2.16. The molecule has 6 heteroatoms. The second-order valence-electron chi connectivity index (χ2n) is 7.67. The van der Waals surface area contributed by atoms with Crippen LogP contribution in [0.5, 0.6) is 5.75 Å². The number of pyridine rings is 1. The average Bonchev–Trinajstić information content (AvgIpc) is 3.19. The van der Waals surface area contributed by atoms with E-state index in [0.29, 0.717) is 29.4 Å². The number of hydrogen-bond donors (Lipinski definition) is 2. The van der Waals surface area contributed by atoms with Gasteiger partial charge in [-0.25, -0.2) is 9.78 Å². The number of fused-ring (bicyclic) bond motifs is 2. The second-order valence-corrected chi connectivity index (χ2v) is 7.67. The van der Waals surface area contributed by atoms with Gasteiger partial charge in [-0.15, -0.1) is 6.58 Å². The van der Waals surface area contributed by atoms with E-state index in [1.165, 1.54) is 0 Å². The average molecular weight is 428 g/mol. The zero-order valence-electron chi connectivity index (χ0n) is 17.8. The summed E-state index contributed by atoms with van der Waals surface area (Å²) in [5.74, 6) is -0.701. The molecule has 0 radical (unpaired) electrons. The van der Waals surface area contributed by atoms with Crippen molar-refractivity contribution in [1.82, 2.24) is 10.3 Å². The number of benzene rings is 2. The van der Waals surface area contributed by atoms with Gasteiger partial charge in [-0.2, -0.15) is 0 Å². The molecule has 1 aliphatic rings. The van der Waals surface area contributed by atoms with Crippen molar-refractivity contribution in [3.05, 3.63) is 83.6 Å². The second kappa shape index (κ2) is 9.06. The van der Waals surface area contributed by atoms with E-state index in [4.69, 9.17) is 9.72 Å².